The van der Waals surface area contributed by atoms with Crippen LogP contribution in [-0.2, 0) is 4.74 Å². The van der Waals surface area contributed by atoms with E-state index >= 15 is 0 Å². The van der Waals surface area contributed by atoms with Crippen LogP contribution in [0.15, 0.2) is 102 Å². The number of nitrogens with one attached hydrogen (secondary N) is 2. The van der Waals surface area contributed by atoms with Gasteiger partial charge in [-0.1, -0.05) is 30.3 Å². The third-order valence-electron chi connectivity index (χ3n) is 11.5. The topological polar surface area (TPSA) is 125 Å². The zero-order valence-electron chi connectivity index (χ0n) is 34.3. The van der Waals surface area contributed by atoms with Crippen LogP contribution >= 0.6 is 0 Å². The van der Waals surface area contributed by atoms with Gasteiger partial charge in [0.1, 0.15) is 46.6 Å². The maximum Gasteiger partial charge on any atom is 0.410 e. The molecule has 12 nitrogen and oxygen atoms in total. The number of methoxy groups -OCH3 is 1. The van der Waals surface area contributed by atoms with Gasteiger partial charge in [0.15, 0.2) is 0 Å². The van der Waals surface area contributed by atoms with Crippen molar-refractivity contribution in [1.82, 2.24) is 24.7 Å². The Balaban J connectivity index is 0.939. The first-order chi connectivity index (χ1) is 28.9. The van der Waals surface area contributed by atoms with Gasteiger partial charge in [0.25, 0.3) is 5.91 Å². The maximum absolute atomic E-state index is 14.4. The molecule has 60 heavy (non-hydrogen) atoms. The van der Waals surface area contributed by atoms with Crippen LogP contribution in [0.1, 0.15) is 91.6 Å². The second kappa shape index (κ2) is 17.2. The number of aliphatic imine (C=N–C) groups is 1. The van der Waals surface area contributed by atoms with Crippen LogP contribution in [-0.4, -0.2) is 87.4 Å². The minimum absolute atomic E-state index is 0.221. The van der Waals surface area contributed by atoms with Gasteiger partial charge in [-0.25, -0.2) is 23.5 Å². The van der Waals surface area contributed by atoms with E-state index < -0.39 is 34.9 Å². The molecule has 8 rings (SSSR count). The van der Waals surface area contributed by atoms with E-state index in [9.17, 15) is 18.4 Å². The Morgan fingerprint density at radius 3 is 2.35 bits per heavy atom. The van der Waals surface area contributed by atoms with Gasteiger partial charge in [-0.2, -0.15) is 0 Å². The molecule has 0 saturated carbocycles. The molecule has 5 heterocycles. The summed E-state index contributed by atoms with van der Waals surface area (Å²) in [6.45, 7) is 9.15. The van der Waals surface area contributed by atoms with Gasteiger partial charge in [-0.15, -0.1) is 0 Å². The molecule has 0 bridgehead atoms. The predicted molar refractivity (Wildman–Crippen MR) is 226 cm³/mol. The third kappa shape index (κ3) is 8.88. The summed E-state index contributed by atoms with van der Waals surface area (Å²) in [5, 5.41) is 5.76. The summed E-state index contributed by atoms with van der Waals surface area (Å²) in [5.74, 6) is -0.157. The van der Waals surface area contributed by atoms with Crippen molar-refractivity contribution in [2.45, 2.75) is 76.1 Å². The average Bonchev–Trinajstić information content (AvgIpc) is 3.65. The Bertz CT molecular complexity index is 2310. The zero-order chi connectivity index (χ0) is 42.0. The molecule has 4 aliphatic heterocycles. The summed E-state index contributed by atoms with van der Waals surface area (Å²) in [5.41, 5.74) is 2.62. The second-order valence-corrected chi connectivity index (χ2v) is 16.6. The molecule has 14 heteroatoms. The van der Waals surface area contributed by atoms with Gasteiger partial charge in [-0.3, -0.25) is 9.79 Å². The number of fused-ring (bicyclic) bond motifs is 1. The van der Waals surface area contributed by atoms with Crippen molar-refractivity contribution in [3.63, 3.8) is 0 Å². The number of anilines is 3. The van der Waals surface area contributed by atoms with Gasteiger partial charge in [0.2, 0.25) is 5.95 Å². The van der Waals surface area contributed by atoms with Crippen LogP contribution < -0.4 is 15.4 Å². The molecule has 2 saturated heterocycles. The number of carbonyl (C=O) groups excluding carboxylic acids is 2. The Hall–Kier alpha value is -6.15. The molecule has 2 atom stereocenters. The Morgan fingerprint density at radius 2 is 1.62 bits per heavy atom. The van der Waals surface area contributed by atoms with Gasteiger partial charge >= 0.3 is 6.09 Å². The van der Waals surface area contributed by atoms with Crippen molar-refractivity contribution in [1.29, 1.82) is 0 Å². The number of nitrogens with zero attached hydrogens (tertiary/aromatic N) is 6. The summed E-state index contributed by atoms with van der Waals surface area (Å²) in [7, 11) is 1.66. The van der Waals surface area contributed by atoms with Crippen molar-refractivity contribution in [2.75, 3.05) is 43.9 Å². The van der Waals surface area contributed by atoms with E-state index in [-0.39, 0.29) is 17.7 Å². The van der Waals surface area contributed by atoms with E-state index in [0.717, 1.165) is 81.1 Å². The van der Waals surface area contributed by atoms with Gasteiger partial charge in [0.05, 0.1) is 18.5 Å². The molecule has 1 aromatic heterocycles. The lowest BCUT2D eigenvalue weighted by Crippen LogP contribution is -2.49. The predicted octanol–water partition coefficient (Wildman–Crippen LogP) is 8.92. The highest BCUT2D eigenvalue weighted by molar-refractivity contribution is 6.04. The van der Waals surface area contributed by atoms with Crippen LogP contribution in [0.25, 0.3) is 0 Å². The van der Waals surface area contributed by atoms with Crippen molar-refractivity contribution in [2.24, 2.45) is 4.99 Å². The van der Waals surface area contributed by atoms with E-state index in [0.29, 0.717) is 29.4 Å². The van der Waals surface area contributed by atoms with E-state index in [1.807, 2.05) is 73.2 Å². The Kier molecular flexibility index (Phi) is 11.7. The molecule has 2 unspecified atom stereocenters. The van der Waals surface area contributed by atoms with Gasteiger partial charge in [0, 0.05) is 37.1 Å². The van der Waals surface area contributed by atoms with E-state index in [1.54, 1.807) is 31.5 Å². The Morgan fingerprint density at radius 1 is 0.867 bits per heavy atom. The van der Waals surface area contributed by atoms with Crippen LogP contribution in [0.5, 0.6) is 5.75 Å². The largest absolute Gasteiger partial charge is 0.495 e. The van der Waals surface area contributed by atoms with Gasteiger partial charge < -0.3 is 34.8 Å². The SMILES string of the molecule is COc1cc(C2CCN(C3CCN(C(=O)OC(C)(C)C)CC3)CC2)ccc1Nc1nccc(C2C(c3cccc(C(=O)Nc4c(F)cccc4F)c3)N=C3C=CC=CN32)n1. The lowest BCUT2D eigenvalue weighted by molar-refractivity contribution is 0.0127. The second-order valence-electron chi connectivity index (χ2n) is 16.6. The highest BCUT2D eigenvalue weighted by atomic mass is 19.1. The first-order valence-electron chi connectivity index (χ1n) is 20.5. The highest BCUT2D eigenvalue weighted by Crippen LogP contribution is 2.43. The van der Waals surface area contributed by atoms with Crippen LogP contribution in [0.3, 0.4) is 0 Å². The molecule has 0 aliphatic carbocycles. The lowest BCUT2D eigenvalue weighted by atomic mass is 9.87. The Labute approximate surface area is 349 Å². The first-order valence-corrected chi connectivity index (χ1v) is 20.5. The molecule has 312 valence electrons. The standard InChI is InChI=1S/C46H50F2N8O4/c1-46(2,3)60-45(58)55-25-19-33(20-26-55)54-23-17-29(18-24-54)30-14-15-36(38(28-30)59-4)50-44-49-21-16-37(51-44)42-40(52-39-13-5-6-22-56(39)42)31-9-7-10-32(27-31)43(57)53-41-34(47)11-8-12-35(41)48/h5-16,21-22,27-29,33,40,42H,17-20,23-26H2,1-4H3,(H,53,57)(H,49,50,51). The van der Waals surface area contributed by atoms with E-state index in [4.69, 9.17) is 19.5 Å². The highest BCUT2D eigenvalue weighted by Gasteiger charge is 2.39. The molecule has 2 amide bonds. The van der Waals surface area contributed by atoms with Crippen molar-refractivity contribution in [3.8, 4) is 5.75 Å². The molecule has 0 spiro atoms. The molecule has 0 radical (unpaired) electrons. The summed E-state index contributed by atoms with van der Waals surface area (Å²) in [4.78, 5) is 46.8. The number of benzene rings is 3. The quantitative estimate of drug-likeness (QED) is 0.170. The van der Waals surface area contributed by atoms with Crippen LogP contribution in [0.4, 0.5) is 30.9 Å². The molecule has 2 N–H and O–H groups in total. The molecule has 4 aromatic rings. The number of aromatic nitrogens is 2. The monoisotopic (exact) mass is 816 g/mol. The molecule has 2 fully saturated rings. The number of amides is 2. The van der Waals surface area contributed by atoms with Crippen molar-refractivity contribution >= 4 is 35.2 Å². The summed E-state index contributed by atoms with van der Waals surface area (Å²) < 4.78 is 40.2. The van der Waals surface area contributed by atoms with E-state index in [1.165, 1.54) is 11.6 Å². The number of amidine groups is 1. The molecule has 3 aromatic carbocycles. The van der Waals surface area contributed by atoms with Crippen molar-refractivity contribution in [3.05, 3.63) is 131 Å². The lowest BCUT2D eigenvalue weighted by Gasteiger charge is -2.42. The summed E-state index contributed by atoms with van der Waals surface area (Å²) >= 11 is 0. The minimum atomic E-state index is -0.859. The number of carbonyl (C=O) groups is 2. The number of allylic oxidation sites excluding steroid dienone is 2. The number of hydrogen-bond donors (Lipinski definition) is 2. The van der Waals surface area contributed by atoms with Crippen molar-refractivity contribution < 1.29 is 27.8 Å². The first kappa shape index (κ1) is 40.6. The fourth-order valence-corrected chi connectivity index (χ4v) is 8.51. The zero-order valence-corrected chi connectivity index (χ0v) is 34.3. The number of hydrogen-bond acceptors (Lipinski definition) is 10. The number of likely N-dealkylation sites (tertiary alicyclic amines) is 2. The average molecular weight is 817 g/mol. The number of rotatable bonds is 9. The molecular weight excluding hydrogens is 767 g/mol. The van der Waals surface area contributed by atoms with Crippen LogP contribution in [0.2, 0.25) is 0 Å². The van der Waals surface area contributed by atoms with E-state index in [2.05, 4.69) is 32.7 Å². The number of halogens is 2. The van der Waals surface area contributed by atoms with Gasteiger partial charge in [-0.05, 0) is 131 Å². The summed E-state index contributed by atoms with van der Waals surface area (Å²) in [6.07, 6.45) is 13.2. The normalized spacial score (nSPS) is 19.8. The minimum Gasteiger partial charge on any atom is -0.495 e. The fraction of sp³-hybridized carbons (Fsp3) is 0.370. The number of para-hydroxylation sites is 1. The maximum atomic E-state index is 14.4. The fourth-order valence-electron chi connectivity index (χ4n) is 8.51. The molecule has 4 aliphatic rings. The third-order valence-corrected chi connectivity index (χ3v) is 11.5. The molecular formula is C46H50F2N8O4. The number of piperidine rings is 2. The smallest absolute Gasteiger partial charge is 0.410 e. The van der Waals surface area contributed by atoms with Crippen LogP contribution in [0, 0.1) is 11.6 Å². The number of ether oxygens (including phenoxy) is 2. The summed E-state index contributed by atoms with van der Waals surface area (Å²) in [6, 6.07) is 18.0.